The molecule has 0 atom stereocenters. The molecule has 1 aromatic carbocycles. The van der Waals surface area contributed by atoms with Crippen LogP contribution in [0.1, 0.15) is 22.4 Å². The predicted octanol–water partition coefficient (Wildman–Crippen LogP) is 3.61. The molecule has 0 saturated heterocycles. The highest BCUT2D eigenvalue weighted by Crippen LogP contribution is 2.25. The summed E-state index contributed by atoms with van der Waals surface area (Å²) in [5, 5.41) is 1.05. The van der Waals surface area contributed by atoms with Crippen LogP contribution in [0.25, 0.3) is 10.9 Å². The summed E-state index contributed by atoms with van der Waals surface area (Å²) in [5.41, 5.74) is 4.22. The molecule has 0 amide bonds. The molecule has 15 heavy (non-hydrogen) atoms. The molecule has 1 nitrogen and oxygen atoms in total. The van der Waals surface area contributed by atoms with Crippen molar-refractivity contribution in [3.05, 3.63) is 40.3 Å². The number of aryl methyl sites for hydroxylation is 4. The summed E-state index contributed by atoms with van der Waals surface area (Å²) in [5.74, 6) is -0.139. The Hall–Kier alpha value is -1.44. The molecule has 0 unspecified atom stereocenters. The van der Waals surface area contributed by atoms with Crippen LogP contribution < -0.4 is 0 Å². The molecule has 78 valence electrons. The van der Waals surface area contributed by atoms with Crippen molar-refractivity contribution in [2.75, 3.05) is 0 Å². The van der Waals surface area contributed by atoms with Gasteiger partial charge < -0.3 is 0 Å². The van der Waals surface area contributed by atoms with Gasteiger partial charge in [-0.15, -0.1) is 0 Å². The van der Waals surface area contributed by atoms with Crippen LogP contribution in [0.4, 0.5) is 4.39 Å². The van der Waals surface area contributed by atoms with Crippen molar-refractivity contribution < 1.29 is 4.39 Å². The highest BCUT2D eigenvalue weighted by atomic mass is 19.1. The summed E-state index contributed by atoms with van der Waals surface area (Å²) in [6.45, 7) is 7.55. The zero-order valence-electron chi connectivity index (χ0n) is 9.48. The number of hydrogen-bond acceptors (Lipinski definition) is 1. The number of nitrogens with zero attached hydrogens (tertiary/aromatic N) is 1. The summed E-state index contributed by atoms with van der Waals surface area (Å²) < 4.78 is 13.7. The van der Waals surface area contributed by atoms with E-state index in [0.717, 1.165) is 22.2 Å². The number of pyridine rings is 1. The van der Waals surface area contributed by atoms with Crippen LogP contribution in [0.3, 0.4) is 0 Å². The van der Waals surface area contributed by atoms with Gasteiger partial charge in [0.15, 0.2) is 0 Å². The Balaban J connectivity index is 2.98. The largest absolute Gasteiger partial charge is 0.253 e. The highest BCUT2D eigenvalue weighted by molar-refractivity contribution is 5.85. The van der Waals surface area contributed by atoms with Gasteiger partial charge in [0.1, 0.15) is 5.82 Å². The number of aromatic nitrogens is 1. The van der Waals surface area contributed by atoms with Crippen LogP contribution in [0.2, 0.25) is 0 Å². The molecular formula is C13H14FN. The normalized spacial score (nSPS) is 11.0. The molecular weight excluding hydrogens is 189 g/mol. The van der Waals surface area contributed by atoms with E-state index in [0.29, 0.717) is 11.1 Å². The first kappa shape index (κ1) is 10.1. The quantitative estimate of drug-likeness (QED) is 0.637. The molecule has 2 rings (SSSR count). The molecule has 0 N–H and O–H groups in total. The highest BCUT2D eigenvalue weighted by Gasteiger charge is 2.10. The lowest BCUT2D eigenvalue weighted by Gasteiger charge is -2.09. The molecule has 1 aromatic heterocycles. The van der Waals surface area contributed by atoms with Crippen LogP contribution in [-0.2, 0) is 0 Å². The van der Waals surface area contributed by atoms with Gasteiger partial charge in [-0.05, 0) is 51.0 Å². The van der Waals surface area contributed by atoms with E-state index in [1.807, 2.05) is 26.0 Å². The molecule has 0 aliphatic carbocycles. The molecule has 1 heterocycles. The topological polar surface area (TPSA) is 12.9 Å². The Kier molecular flexibility index (Phi) is 2.22. The minimum absolute atomic E-state index is 0.139. The summed E-state index contributed by atoms with van der Waals surface area (Å²) in [7, 11) is 0. The Bertz CT molecular complexity index is 544. The van der Waals surface area contributed by atoms with E-state index in [-0.39, 0.29) is 5.82 Å². The second kappa shape index (κ2) is 3.30. The molecule has 0 bridgehead atoms. The van der Waals surface area contributed by atoms with Gasteiger partial charge in [-0.25, -0.2) is 4.39 Å². The summed E-state index contributed by atoms with van der Waals surface area (Å²) in [6.07, 6.45) is 0. The van der Waals surface area contributed by atoms with E-state index in [1.165, 1.54) is 0 Å². The molecule has 0 aliphatic heterocycles. The van der Waals surface area contributed by atoms with Gasteiger partial charge in [-0.2, -0.15) is 0 Å². The Labute approximate surface area is 89.0 Å². The Morgan fingerprint density at radius 2 is 1.67 bits per heavy atom. The lowest BCUT2D eigenvalue weighted by Crippen LogP contribution is -1.95. The Morgan fingerprint density at radius 1 is 1.00 bits per heavy atom. The summed E-state index contributed by atoms with van der Waals surface area (Å²) in [6, 6.07) is 3.90. The molecule has 2 heteroatoms. The second-order valence-corrected chi connectivity index (χ2v) is 4.11. The Morgan fingerprint density at radius 3 is 2.33 bits per heavy atom. The van der Waals surface area contributed by atoms with Gasteiger partial charge in [-0.1, -0.05) is 0 Å². The van der Waals surface area contributed by atoms with E-state index in [2.05, 4.69) is 4.98 Å². The van der Waals surface area contributed by atoms with Crippen molar-refractivity contribution in [1.29, 1.82) is 0 Å². The molecule has 0 radical (unpaired) electrons. The van der Waals surface area contributed by atoms with Gasteiger partial charge in [0.05, 0.1) is 5.52 Å². The summed E-state index contributed by atoms with van der Waals surface area (Å²) >= 11 is 0. The van der Waals surface area contributed by atoms with Gasteiger partial charge in [0, 0.05) is 16.6 Å². The van der Waals surface area contributed by atoms with Crippen molar-refractivity contribution in [2.24, 2.45) is 0 Å². The van der Waals surface area contributed by atoms with Gasteiger partial charge in [0.25, 0.3) is 0 Å². The smallest absolute Gasteiger partial charge is 0.131 e. The van der Waals surface area contributed by atoms with Crippen molar-refractivity contribution in [2.45, 2.75) is 27.7 Å². The monoisotopic (exact) mass is 203 g/mol. The second-order valence-electron chi connectivity index (χ2n) is 4.11. The maximum Gasteiger partial charge on any atom is 0.131 e. The SMILES string of the molecule is Cc1cc(C)c2cc(C)c(F)c(C)c2n1. The third-order valence-corrected chi connectivity index (χ3v) is 2.79. The number of fused-ring (bicyclic) bond motifs is 1. The number of rotatable bonds is 0. The van der Waals surface area contributed by atoms with Crippen LogP contribution in [0, 0.1) is 33.5 Å². The van der Waals surface area contributed by atoms with E-state index < -0.39 is 0 Å². The maximum absolute atomic E-state index is 13.7. The van der Waals surface area contributed by atoms with Gasteiger partial charge in [0.2, 0.25) is 0 Å². The van der Waals surface area contributed by atoms with Crippen molar-refractivity contribution in [3.8, 4) is 0 Å². The van der Waals surface area contributed by atoms with Crippen LogP contribution in [-0.4, -0.2) is 4.98 Å². The molecule has 0 fully saturated rings. The minimum Gasteiger partial charge on any atom is -0.253 e. The first-order valence-corrected chi connectivity index (χ1v) is 5.04. The molecule has 0 aliphatic rings. The molecule has 2 aromatic rings. The predicted molar refractivity (Wildman–Crippen MR) is 60.6 cm³/mol. The average Bonchev–Trinajstić information content (AvgIpc) is 2.17. The van der Waals surface area contributed by atoms with Gasteiger partial charge >= 0.3 is 0 Å². The van der Waals surface area contributed by atoms with E-state index in [4.69, 9.17) is 0 Å². The van der Waals surface area contributed by atoms with Crippen LogP contribution in [0.5, 0.6) is 0 Å². The minimum atomic E-state index is -0.139. The first-order valence-electron chi connectivity index (χ1n) is 5.04. The zero-order chi connectivity index (χ0) is 11.2. The first-order chi connectivity index (χ1) is 7.00. The lowest BCUT2D eigenvalue weighted by atomic mass is 10.0. The lowest BCUT2D eigenvalue weighted by molar-refractivity contribution is 0.611. The van der Waals surface area contributed by atoms with Crippen LogP contribution in [0.15, 0.2) is 12.1 Å². The number of halogens is 1. The van der Waals surface area contributed by atoms with E-state index in [9.17, 15) is 4.39 Å². The standard InChI is InChI=1S/C13H14FN/c1-7-5-9(3)15-13-10(4)12(14)8(2)6-11(7)13/h5-6H,1-4H3. The van der Waals surface area contributed by atoms with Crippen molar-refractivity contribution in [3.63, 3.8) is 0 Å². The zero-order valence-corrected chi connectivity index (χ0v) is 9.48. The van der Waals surface area contributed by atoms with Gasteiger partial charge in [-0.3, -0.25) is 4.98 Å². The molecule has 0 spiro atoms. The molecule has 0 saturated carbocycles. The average molecular weight is 203 g/mol. The number of hydrogen-bond donors (Lipinski definition) is 0. The summed E-state index contributed by atoms with van der Waals surface area (Å²) in [4.78, 5) is 4.40. The fraction of sp³-hybridized carbons (Fsp3) is 0.308. The van der Waals surface area contributed by atoms with E-state index >= 15 is 0 Å². The number of benzene rings is 1. The fourth-order valence-electron chi connectivity index (χ4n) is 1.99. The van der Waals surface area contributed by atoms with E-state index in [1.54, 1.807) is 13.8 Å². The fourth-order valence-corrected chi connectivity index (χ4v) is 1.99. The third-order valence-electron chi connectivity index (χ3n) is 2.79. The third kappa shape index (κ3) is 1.50. The van der Waals surface area contributed by atoms with Crippen molar-refractivity contribution >= 4 is 10.9 Å². The van der Waals surface area contributed by atoms with Crippen LogP contribution >= 0.6 is 0 Å². The van der Waals surface area contributed by atoms with Crippen molar-refractivity contribution in [1.82, 2.24) is 4.98 Å². The maximum atomic E-state index is 13.7.